The van der Waals surface area contributed by atoms with Crippen molar-refractivity contribution in [3.8, 4) is 5.75 Å². The fraction of sp³-hybridized carbons (Fsp3) is 0.238. The predicted octanol–water partition coefficient (Wildman–Crippen LogP) is 3.49. The Morgan fingerprint density at radius 1 is 0.893 bits per heavy atom. The Balaban J connectivity index is 1.76. The molecule has 1 atom stereocenters. The van der Waals surface area contributed by atoms with Crippen LogP contribution in [0.25, 0.3) is 22.1 Å². The number of fused-ring (bicyclic) bond motifs is 2. The summed E-state index contributed by atoms with van der Waals surface area (Å²) in [5.74, 6) is 0.747. The largest absolute Gasteiger partial charge is 0.497 e. The van der Waals surface area contributed by atoms with E-state index in [1.54, 1.807) is 16.7 Å². The first-order valence-corrected chi connectivity index (χ1v) is 9.10. The van der Waals surface area contributed by atoms with Gasteiger partial charge in [0, 0.05) is 12.5 Å². The monoisotopic (exact) mass is 371 g/mol. The van der Waals surface area contributed by atoms with Crippen LogP contribution >= 0.6 is 0 Å². The van der Waals surface area contributed by atoms with Gasteiger partial charge in [0.05, 0.1) is 7.11 Å². The molecule has 28 heavy (non-hydrogen) atoms. The molecule has 0 fully saturated rings. The molecule has 2 heterocycles. The Kier molecular flexibility index (Phi) is 3.58. The normalized spacial score (nSPS) is 19.7. The second-order valence-electron chi connectivity index (χ2n) is 7.11. The highest BCUT2D eigenvalue weighted by Crippen LogP contribution is 2.34. The van der Waals surface area contributed by atoms with Crippen molar-refractivity contribution in [1.82, 2.24) is 30.0 Å². The Morgan fingerprint density at radius 3 is 2.11 bits per heavy atom. The molecule has 1 radical (unpaired) electrons. The van der Waals surface area contributed by atoms with Crippen LogP contribution in [0.5, 0.6) is 5.75 Å². The first-order valence-electron chi connectivity index (χ1n) is 9.10. The van der Waals surface area contributed by atoms with Gasteiger partial charge >= 0.3 is 0 Å². The predicted molar refractivity (Wildman–Crippen MR) is 106 cm³/mol. The number of hydrogen-bond donors (Lipinski definition) is 0. The molecule has 7 nitrogen and oxygen atoms in total. The molecular formula is C21H19N6O. The molecule has 2 aromatic carbocycles. The van der Waals surface area contributed by atoms with Crippen LogP contribution in [-0.2, 0) is 5.66 Å². The molecule has 0 saturated heterocycles. The van der Waals surface area contributed by atoms with Gasteiger partial charge in [0.2, 0.25) is 5.66 Å². The van der Waals surface area contributed by atoms with E-state index in [1.165, 1.54) is 0 Å². The quantitative estimate of drug-likeness (QED) is 0.551. The minimum Gasteiger partial charge on any atom is -0.497 e. The van der Waals surface area contributed by atoms with Gasteiger partial charge in [0.25, 0.3) is 0 Å². The van der Waals surface area contributed by atoms with Crippen LogP contribution in [0, 0.1) is 6.08 Å². The summed E-state index contributed by atoms with van der Waals surface area (Å²) in [6, 6.07) is 13.5. The van der Waals surface area contributed by atoms with Crippen LogP contribution in [-0.4, -0.2) is 37.1 Å². The van der Waals surface area contributed by atoms with Crippen molar-refractivity contribution in [2.75, 3.05) is 7.11 Å². The Labute approximate surface area is 161 Å². The average molecular weight is 371 g/mol. The third-order valence-electron chi connectivity index (χ3n) is 4.95. The molecule has 0 bridgehead atoms. The zero-order chi connectivity index (χ0) is 19.3. The van der Waals surface area contributed by atoms with Gasteiger partial charge in [-0.15, -0.1) is 9.59 Å². The summed E-state index contributed by atoms with van der Waals surface area (Å²) >= 11 is 0. The lowest BCUT2D eigenvalue weighted by Crippen LogP contribution is -2.44. The summed E-state index contributed by atoms with van der Waals surface area (Å²) in [7, 11) is 1.64. The summed E-state index contributed by atoms with van der Waals surface area (Å²) in [6.07, 6.45) is 6.09. The van der Waals surface area contributed by atoms with E-state index in [2.05, 4.69) is 19.1 Å². The summed E-state index contributed by atoms with van der Waals surface area (Å²) < 4.78 is 5.33. The molecule has 7 heteroatoms. The zero-order valence-corrected chi connectivity index (χ0v) is 15.9. The minimum absolute atomic E-state index is 0.628. The number of allylic oxidation sites excluding steroid dienone is 4. The number of rotatable bonds is 3. The molecule has 0 amide bonds. The number of benzene rings is 2. The van der Waals surface area contributed by atoms with E-state index < -0.39 is 5.66 Å². The summed E-state index contributed by atoms with van der Waals surface area (Å²) in [5.41, 5.74) is 4.55. The number of methoxy groups -OCH3 is 1. The third-order valence-corrected chi connectivity index (χ3v) is 4.95. The van der Waals surface area contributed by atoms with Gasteiger partial charge < -0.3 is 4.74 Å². The van der Waals surface area contributed by atoms with Crippen LogP contribution in [0.4, 0.5) is 0 Å². The van der Waals surface area contributed by atoms with Gasteiger partial charge in [-0.1, -0.05) is 17.7 Å². The lowest BCUT2D eigenvalue weighted by Gasteiger charge is -2.32. The highest BCUT2D eigenvalue weighted by atomic mass is 16.5. The summed E-state index contributed by atoms with van der Waals surface area (Å²) in [4.78, 5) is 3.44. The SMILES string of the molecule is COc1ccc2nn(C3(n4nc5ccccc5n4)C=C(C)[C]=C(C)C3)nc2c1. The molecule has 0 saturated carbocycles. The van der Waals surface area contributed by atoms with Crippen LogP contribution in [0.3, 0.4) is 0 Å². The fourth-order valence-electron chi connectivity index (χ4n) is 3.77. The van der Waals surface area contributed by atoms with Crippen molar-refractivity contribution in [2.24, 2.45) is 0 Å². The van der Waals surface area contributed by atoms with E-state index in [9.17, 15) is 0 Å². The van der Waals surface area contributed by atoms with E-state index >= 15 is 0 Å². The molecule has 0 N–H and O–H groups in total. The lowest BCUT2D eigenvalue weighted by atomic mass is 9.92. The Bertz CT molecular complexity index is 1230. The zero-order valence-electron chi connectivity index (χ0n) is 15.9. The van der Waals surface area contributed by atoms with E-state index in [-0.39, 0.29) is 0 Å². The maximum atomic E-state index is 5.33. The Morgan fingerprint density at radius 2 is 1.50 bits per heavy atom. The molecule has 4 aromatic rings. The molecule has 5 rings (SSSR count). The smallest absolute Gasteiger partial charge is 0.214 e. The number of ether oxygens (including phenoxy) is 1. The highest BCUT2D eigenvalue weighted by molar-refractivity contribution is 5.75. The van der Waals surface area contributed by atoms with Crippen molar-refractivity contribution in [2.45, 2.75) is 25.9 Å². The molecule has 2 aromatic heterocycles. The first-order chi connectivity index (χ1) is 13.6. The van der Waals surface area contributed by atoms with Gasteiger partial charge in [0.1, 0.15) is 27.8 Å². The molecule has 1 aliphatic carbocycles. The molecule has 0 spiro atoms. The van der Waals surface area contributed by atoms with Gasteiger partial charge in [0.15, 0.2) is 0 Å². The number of aromatic nitrogens is 6. The fourth-order valence-corrected chi connectivity index (χ4v) is 3.77. The van der Waals surface area contributed by atoms with Crippen molar-refractivity contribution in [3.63, 3.8) is 0 Å². The van der Waals surface area contributed by atoms with Crippen molar-refractivity contribution < 1.29 is 4.74 Å². The van der Waals surface area contributed by atoms with Crippen LogP contribution in [0.15, 0.2) is 59.7 Å². The molecule has 1 aliphatic rings. The van der Waals surface area contributed by atoms with E-state index in [4.69, 9.17) is 25.1 Å². The van der Waals surface area contributed by atoms with Crippen LogP contribution in [0.1, 0.15) is 20.3 Å². The van der Waals surface area contributed by atoms with E-state index in [0.29, 0.717) is 6.42 Å². The van der Waals surface area contributed by atoms with Gasteiger partial charge in [-0.25, -0.2) is 0 Å². The maximum Gasteiger partial charge on any atom is 0.214 e. The number of nitrogens with zero attached hydrogens (tertiary/aromatic N) is 6. The summed E-state index contributed by atoms with van der Waals surface area (Å²) in [5, 5.41) is 19.0. The van der Waals surface area contributed by atoms with Crippen molar-refractivity contribution >= 4 is 22.1 Å². The topological polar surface area (TPSA) is 70.7 Å². The van der Waals surface area contributed by atoms with Gasteiger partial charge in [-0.05, 0) is 55.8 Å². The molecule has 139 valence electrons. The second-order valence-corrected chi connectivity index (χ2v) is 7.11. The Hall–Kier alpha value is -3.48. The minimum atomic E-state index is -0.773. The van der Waals surface area contributed by atoms with Gasteiger partial charge in [-0.2, -0.15) is 20.4 Å². The maximum absolute atomic E-state index is 5.33. The van der Waals surface area contributed by atoms with Crippen molar-refractivity contribution in [1.29, 1.82) is 0 Å². The van der Waals surface area contributed by atoms with Crippen molar-refractivity contribution in [3.05, 3.63) is 65.8 Å². The van der Waals surface area contributed by atoms with E-state index in [1.807, 2.05) is 49.4 Å². The van der Waals surface area contributed by atoms with Crippen LogP contribution < -0.4 is 4.74 Å². The summed E-state index contributed by atoms with van der Waals surface area (Å²) in [6.45, 7) is 4.08. The van der Waals surface area contributed by atoms with E-state index in [0.717, 1.165) is 39.0 Å². The standard InChI is InChI=1S/C21H19N6O/c1-14-10-15(2)13-21(12-14,26-22-17-6-4-5-7-18(17)23-26)27-24-19-9-8-16(28-3)11-20(19)25-27/h4-9,11-12H,13H2,1-3H3. The highest BCUT2D eigenvalue weighted by Gasteiger charge is 2.39. The number of hydrogen-bond acceptors (Lipinski definition) is 5. The molecular weight excluding hydrogens is 352 g/mol. The van der Waals surface area contributed by atoms with Crippen LogP contribution in [0.2, 0.25) is 0 Å². The van der Waals surface area contributed by atoms with Gasteiger partial charge in [-0.3, -0.25) is 0 Å². The average Bonchev–Trinajstić information content (AvgIpc) is 3.31. The molecule has 1 unspecified atom stereocenters. The lowest BCUT2D eigenvalue weighted by molar-refractivity contribution is 0.193. The molecule has 0 aliphatic heterocycles. The first kappa shape index (κ1) is 16.7. The second kappa shape index (κ2) is 6.02. The third kappa shape index (κ3) is 2.51.